The number of hydrogen-bond donors (Lipinski definition) is 2. The lowest BCUT2D eigenvalue weighted by molar-refractivity contribution is -0.123. The molecule has 4 nitrogen and oxygen atoms in total. The van der Waals surface area contributed by atoms with Crippen LogP contribution in [0.5, 0.6) is 0 Å². The summed E-state index contributed by atoms with van der Waals surface area (Å²) in [7, 11) is 0. The number of aromatic nitrogens is 2. The summed E-state index contributed by atoms with van der Waals surface area (Å²) < 4.78 is 0. The highest BCUT2D eigenvalue weighted by molar-refractivity contribution is 6.30. The van der Waals surface area contributed by atoms with E-state index in [1.807, 2.05) is 30.3 Å². The summed E-state index contributed by atoms with van der Waals surface area (Å²) in [5.74, 6) is 0.0735. The van der Waals surface area contributed by atoms with Crippen molar-refractivity contribution < 1.29 is 4.79 Å². The second-order valence-electron chi connectivity index (χ2n) is 4.85. The van der Waals surface area contributed by atoms with Crippen molar-refractivity contribution in [3.05, 3.63) is 52.8 Å². The highest BCUT2D eigenvalue weighted by Crippen LogP contribution is 2.48. The molecule has 1 aliphatic carbocycles. The Labute approximate surface area is 116 Å². The third-order valence-electron chi connectivity index (χ3n) is 3.58. The standard InChI is InChI=1S/C14H14ClN3O/c15-11-3-1-10(2-4-11)14(6-7-14)13(19)16-9-12-5-8-17-18-12/h1-5,8H,6-7,9H2,(H,16,19)(H,17,18). The van der Waals surface area contributed by atoms with Gasteiger partial charge in [-0.25, -0.2) is 0 Å². The molecule has 2 aromatic rings. The molecule has 1 aromatic heterocycles. The molecule has 1 aliphatic rings. The molecule has 0 aliphatic heterocycles. The fourth-order valence-electron chi connectivity index (χ4n) is 2.27. The molecule has 0 bridgehead atoms. The molecule has 98 valence electrons. The minimum atomic E-state index is -0.357. The van der Waals surface area contributed by atoms with Gasteiger partial charge in [0.1, 0.15) is 0 Å². The highest BCUT2D eigenvalue weighted by Gasteiger charge is 2.51. The first-order valence-electron chi connectivity index (χ1n) is 6.23. The minimum absolute atomic E-state index is 0.0735. The van der Waals surface area contributed by atoms with Crippen LogP contribution in [-0.4, -0.2) is 16.1 Å². The maximum Gasteiger partial charge on any atom is 0.230 e. The first-order valence-corrected chi connectivity index (χ1v) is 6.61. The van der Waals surface area contributed by atoms with Crippen molar-refractivity contribution in [1.82, 2.24) is 15.5 Å². The van der Waals surface area contributed by atoms with Gasteiger partial charge in [0, 0.05) is 11.2 Å². The molecular weight excluding hydrogens is 262 g/mol. The monoisotopic (exact) mass is 275 g/mol. The third kappa shape index (κ3) is 2.36. The summed E-state index contributed by atoms with van der Waals surface area (Å²) in [6, 6.07) is 9.39. The fraction of sp³-hybridized carbons (Fsp3) is 0.286. The Kier molecular flexibility index (Phi) is 3.03. The number of aromatic amines is 1. The number of carbonyl (C=O) groups excluding carboxylic acids is 1. The zero-order chi connectivity index (χ0) is 13.3. The van der Waals surface area contributed by atoms with E-state index in [0.717, 1.165) is 24.1 Å². The molecule has 2 N–H and O–H groups in total. The summed E-state index contributed by atoms with van der Waals surface area (Å²) >= 11 is 5.88. The number of rotatable bonds is 4. The van der Waals surface area contributed by atoms with Crippen molar-refractivity contribution >= 4 is 17.5 Å². The molecule has 0 atom stereocenters. The molecule has 0 unspecified atom stereocenters. The van der Waals surface area contributed by atoms with Gasteiger partial charge in [-0.1, -0.05) is 23.7 Å². The lowest BCUT2D eigenvalue weighted by Gasteiger charge is -2.15. The van der Waals surface area contributed by atoms with Gasteiger partial charge in [-0.2, -0.15) is 5.10 Å². The Morgan fingerprint density at radius 3 is 2.63 bits per heavy atom. The van der Waals surface area contributed by atoms with E-state index in [0.29, 0.717) is 11.6 Å². The van der Waals surface area contributed by atoms with Gasteiger partial charge in [-0.15, -0.1) is 0 Å². The molecule has 5 heteroatoms. The summed E-state index contributed by atoms with van der Waals surface area (Å²) in [5.41, 5.74) is 1.59. The van der Waals surface area contributed by atoms with E-state index in [9.17, 15) is 4.79 Å². The number of nitrogens with one attached hydrogen (secondary N) is 2. The maximum absolute atomic E-state index is 12.3. The number of carbonyl (C=O) groups is 1. The van der Waals surface area contributed by atoms with Crippen LogP contribution in [-0.2, 0) is 16.8 Å². The van der Waals surface area contributed by atoms with Crippen LogP contribution in [0.15, 0.2) is 36.5 Å². The predicted octanol–water partition coefficient (Wildman–Crippen LogP) is 2.41. The van der Waals surface area contributed by atoms with Crippen molar-refractivity contribution in [2.45, 2.75) is 24.8 Å². The van der Waals surface area contributed by atoms with Gasteiger partial charge in [0.05, 0.1) is 17.7 Å². The van der Waals surface area contributed by atoms with Crippen LogP contribution in [0.4, 0.5) is 0 Å². The van der Waals surface area contributed by atoms with Crippen LogP contribution < -0.4 is 5.32 Å². The average molecular weight is 276 g/mol. The van der Waals surface area contributed by atoms with E-state index in [4.69, 9.17) is 11.6 Å². The maximum atomic E-state index is 12.3. The summed E-state index contributed by atoms with van der Waals surface area (Å²) in [5, 5.41) is 10.3. The van der Waals surface area contributed by atoms with E-state index < -0.39 is 0 Å². The number of benzene rings is 1. The Morgan fingerprint density at radius 1 is 1.32 bits per heavy atom. The molecule has 1 saturated carbocycles. The Morgan fingerprint density at radius 2 is 2.05 bits per heavy atom. The van der Waals surface area contributed by atoms with Crippen molar-refractivity contribution in [3.63, 3.8) is 0 Å². The normalized spacial score (nSPS) is 16.1. The highest BCUT2D eigenvalue weighted by atomic mass is 35.5. The van der Waals surface area contributed by atoms with E-state index >= 15 is 0 Å². The quantitative estimate of drug-likeness (QED) is 0.900. The van der Waals surface area contributed by atoms with E-state index in [1.54, 1.807) is 6.20 Å². The van der Waals surface area contributed by atoms with Gasteiger partial charge in [0.15, 0.2) is 0 Å². The number of H-pyrrole nitrogens is 1. The van der Waals surface area contributed by atoms with Gasteiger partial charge in [-0.05, 0) is 36.6 Å². The number of nitrogens with zero attached hydrogens (tertiary/aromatic N) is 1. The van der Waals surface area contributed by atoms with E-state index in [2.05, 4.69) is 15.5 Å². The van der Waals surface area contributed by atoms with Crippen molar-refractivity contribution in [1.29, 1.82) is 0 Å². The van der Waals surface area contributed by atoms with Crippen LogP contribution in [0.3, 0.4) is 0 Å². The first kappa shape index (κ1) is 12.2. The second-order valence-corrected chi connectivity index (χ2v) is 5.29. The van der Waals surface area contributed by atoms with Gasteiger partial charge >= 0.3 is 0 Å². The summed E-state index contributed by atoms with van der Waals surface area (Å²) in [4.78, 5) is 12.3. The van der Waals surface area contributed by atoms with Crippen LogP contribution in [0.1, 0.15) is 24.1 Å². The molecular formula is C14H14ClN3O. The Hall–Kier alpha value is -1.81. The molecule has 0 radical (unpaired) electrons. The first-order chi connectivity index (χ1) is 9.21. The zero-order valence-corrected chi connectivity index (χ0v) is 11.1. The fourth-order valence-corrected chi connectivity index (χ4v) is 2.39. The largest absolute Gasteiger partial charge is 0.350 e. The average Bonchev–Trinajstić information content (AvgIpc) is 3.07. The summed E-state index contributed by atoms with van der Waals surface area (Å²) in [6.07, 6.45) is 3.46. The second kappa shape index (κ2) is 4.70. The van der Waals surface area contributed by atoms with Crippen molar-refractivity contribution in [2.75, 3.05) is 0 Å². The number of amides is 1. The molecule has 1 fully saturated rings. The van der Waals surface area contributed by atoms with Crippen LogP contribution in [0.2, 0.25) is 5.02 Å². The van der Waals surface area contributed by atoms with Gasteiger partial charge < -0.3 is 5.32 Å². The van der Waals surface area contributed by atoms with E-state index in [1.165, 1.54) is 0 Å². The third-order valence-corrected chi connectivity index (χ3v) is 3.83. The van der Waals surface area contributed by atoms with E-state index in [-0.39, 0.29) is 11.3 Å². The predicted molar refractivity (Wildman–Crippen MR) is 72.8 cm³/mol. The van der Waals surface area contributed by atoms with Crippen LogP contribution in [0.25, 0.3) is 0 Å². The van der Waals surface area contributed by atoms with Crippen LogP contribution >= 0.6 is 11.6 Å². The molecule has 1 amide bonds. The van der Waals surface area contributed by atoms with Gasteiger partial charge in [0.25, 0.3) is 0 Å². The minimum Gasteiger partial charge on any atom is -0.350 e. The molecule has 3 rings (SSSR count). The molecule has 0 spiro atoms. The SMILES string of the molecule is O=C(NCc1ccn[nH]1)C1(c2ccc(Cl)cc2)CC1. The number of halogens is 1. The Bertz CT molecular complexity index is 573. The molecule has 0 saturated heterocycles. The summed E-state index contributed by atoms with van der Waals surface area (Å²) in [6.45, 7) is 0.480. The zero-order valence-electron chi connectivity index (χ0n) is 10.3. The van der Waals surface area contributed by atoms with Crippen molar-refractivity contribution in [3.8, 4) is 0 Å². The molecule has 1 heterocycles. The van der Waals surface area contributed by atoms with Gasteiger partial charge in [0.2, 0.25) is 5.91 Å². The lowest BCUT2D eigenvalue weighted by Crippen LogP contribution is -2.34. The van der Waals surface area contributed by atoms with Crippen molar-refractivity contribution in [2.24, 2.45) is 0 Å². The Balaban J connectivity index is 1.70. The molecule has 19 heavy (non-hydrogen) atoms. The topological polar surface area (TPSA) is 57.8 Å². The van der Waals surface area contributed by atoms with Gasteiger partial charge in [-0.3, -0.25) is 9.89 Å². The number of hydrogen-bond acceptors (Lipinski definition) is 2. The molecule has 1 aromatic carbocycles. The smallest absolute Gasteiger partial charge is 0.230 e. The van der Waals surface area contributed by atoms with Crippen LogP contribution in [0, 0.1) is 0 Å². The lowest BCUT2D eigenvalue weighted by atomic mass is 9.95.